The Morgan fingerprint density at radius 2 is 1.54 bits per heavy atom. The van der Waals surface area contributed by atoms with Crippen molar-refractivity contribution < 1.29 is 9.59 Å². The normalized spacial score (nSPS) is 10.5. The van der Waals surface area contributed by atoms with Crippen LogP contribution in [0.3, 0.4) is 0 Å². The first-order valence-electron chi connectivity index (χ1n) is 8.43. The summed E-state index contributed by atoms with van der Waals surface area (Å²) in [5.74, 6) is -0.227. The molecule has 0 aliphatic rings. The third kappa shape index (κ3) is 4.64. The Bertz CT molecular complexity index is 912. The number of aryl methyl sites for hydroxylation is 2. The minimum Gasteiger partial charge on any atom is -0.302 e. The van der Waals surface area contributed by atoms with Gasteiger partial charge in [0.15, 0.2) is 10.9 Å². The standard InChI is InChI=1S/C21H20N2O2S/c1-14-3-7-16(8-4-14)18-13-26-21(22-18)23-20(25)12-11-19(24)17-9-5-15(2)6-10-17/h3-10,13H,11-12H2,1-2H3,(H,22,23,25). The number of hydrogen-bond donors (Lipinski definition) is 1. The Morgan fingerprint density at radius 1 is 0.923 bits per heavy atom. The van der Waals surface area contributed by atoms with Crippen LogP contribution >= 0.6 is 11.3 Å². The summed E-state index contributed by atoms with van der Waals surface area (Å²) >= 11 is 1.38. The molecule has 4 nitrogen and oxygen atoms in total. The molecule has 3 rings (SSSR count). The van der Waals surface area contributed by atoms with Gasteiger partial charge in [0.25, 0.3) is 0 Å². The van der Waals surface area contributed by atoms with Crippen molar-refractivity contribution in [3.63, 3.8) is 0 Å². The van der Waals surface area contributed by atoms with Crippen LogP contribution < -0.4 is 5.32 Å². The van der Waals surface area contributed by atoms with E-state index >= 15 is 0 Å². The first-order chi connectivity index (χ1) is 12.5. The summed E-state index contributed by atoms with van der Waals surface area (Å²) in [5, 5.41) is 5.24. The van der Waals surface area contributed by atoms with Crippen LogP contribution in [0, 0.1) is 13.8 Å². The number of amides is 1. The number of hydrogen-bond acceptors (Lipinski definition) is 4. The molecule has 5 heteroatoms. The maximum absolute atomic E-state index is 12.1. The fourth-order valence-corrected chi connectivity index (χ4v) is 3.22. The van der Waals surface area contributed by atoms with Crippen LogP contribution in [0.1, 0.15) is 34.3 Å². The molecule has 0 fully saturated rings. The van der Waals surface area contributed by atoms with Gasteiger partial charge in [0.05, 0.1) is 5.69 Å². The number of thiazole rings is 1. The molecule has 26 heavy (non-hydrogen) atoms. The van der Waals surface area contributed by atoms with Gasteiger partial charge in [-0.05, 0) is 13.8 Å². The molecular formula is C21H20N2O2S. The maximum atomic E-state index is 12.1. The number of ketones is 1. The molecule has 0 radical (unpaired) electrons. The number of carbonyl (C=O) groups is 2. The van der Waals surface area contributed by atoms with E-state index in [4.69, 9.17) is 0 Å². The molecule has 0 atom stereocenters. The Hall–Kier alpha value is -2.79. The van der Waals surface area contributed by atoms with E-state index in [0.717, 1.165) is 16.8 Å². The summed E-state index contributed by atoms with van der Waals surface area (Å²) in [6.45, 7) is 4.01. The van der Waals surface area contributed by atoms with Crippen LogP contribution in [-0.2, 0) is 4.79 Å². The van der Waals surface area contributed by atoms with Crippen LogP contribution in [0.5, 0.6) is 0 Å². The molecule has 0 aliphatic carbocycles. The van der Waals surface area contributed by atoms with Gasteiger partial charge in [-0.15, -0.1) is 11.3 Å². The highest BCUT2D eigenvalue weighted by molar-refractivity contribution is 7.14. The van der Waals surface area contributed by atoms with Crippen molar-refractivity contribution in [2.45, 2.75) is 26.7 Å². The zero-order valence-electron chi connectivity index (χ0n) is 14.8. The van der Waals surface area contributed by atoms with Crippen LogP contribution in [0.2, 0.25) is 0 Å². The van der Waals surface area contributed by atoms with E-state index in [9.17, 15) is 9.59 Å². The van der Waals surface area contributed by atoms with Crippen LogP contribution in [0.15, 0.2) is 53.9 Å². The Kier molecular flexibility index (Phi) is 5.58. The van der Waals surface area contributed by atoms with Gasteiger partial charge in [-0.25, -0.2) is 4.98 Å². The third-order valence-electron chi connectivity index (χ3n) is 4.05. The Balaban J connectivity index is 1.54. The lowest BCUT2D eigenvalue weighted by Crippen LogP contribution is -2.13. The predicted molar refractivity (Wildman–Crippen MR) is 106 cm³/mol. The van der Waals surface area contributed by atoms with Crippen molar-refractivity contribution in [3.05, 3.63) is 70.6 Å². The third-order valence-corrected chi connectivity index (χ3v) is 4.81. The summed E-state index contributed by atoms with van der Waals surface area (Å²) in [5.41, 5.74) is 4.78. The molecule has 1 amide bonds. The molecule has 3 aromatic rings. The van der Waals surface area contributed by atoms with Crippen molar-refractivity contribution in [2.24, 2.45) is 0 Å². The minimum absolute atomic E-state index is 0.0281. The fourth-order valence-electron chi connectivity index (χ4n) is 2.48. The molecule has 0 aliphatic heterocycles. The summed E-state index contributed by atoms with van der Waals surface area (Å²) in [6, 6.07) is 15.5. The second-order valence-corrected chi connectivity index (χ2v) is 7.10. The van der Waals surface area contributed by atoms with Crippen LogP contribution in [0.25, 0.3) is 11.3 Å². The lowest BCUT2D eigenvalue weighted by molar-refractivity contribution is -0.116. The van der Waals surface area contributed by atoms with E-state index in [2.05, 4.69) is 10.3 Å². The van der Waals surface area contributed by atoms with E-state index in [0.29, 0.717) is 10.7 Å². The fraction of sp³-hybridized carbons (Fsp3) is 0.190. The number of aromatic nitrogens is 1. The quantitative estimate of drug-likeness (QED) is 0.624. The Morgan fingerprint density at radius 3 is 2.19 bits per heavy atom. The summed E-state index contributed by atoms with van der Waals surface area (Å²) in [6.07, 6.45) is 0.331. The van der Waals surface area contributed by atoms with Gasteiger partial charge in [0.2, 0.25) is 5.91 Å². The second kappa shape index (κ2) is 8.06. The molecule has 0 saturated carbocycles. The van der Waals surface area contributed by atoms with Crippen LogP contribution in [0.4, 0.5) is 5.13 Å². The molecule has 1 N–H and O–H groups in total. The van der Waals surface area contributed by atoms with Crippen molar-refractivity contribution in [1.82, 2.24) is 4.98 Å². The number of rotatable bonds is 6. The number of anilines is 1. The lowest BCUT2D eigenvalue weighted by atomic mass is 10.1. The zero-order valence-corrected chi connectivity index (χ0v) is 15.6. The molecule has 132 valence electrons. The van der Waals surface area contributed by atoms with Crippen molar-refractivity contribution in [1.29, 1.82) is 0 Å². The average Bonchev–Trinajstić information content (AvgIpc) is 3.09. The summed E-state index contributed by atoms with van der Waals surface area (Å²) in [4.78, 5) is 28.7. The Labute approximate surface area is 156 Å². The topological polar surface area (TPSA) is 59.1 Å². The smallest absolute Gasteiger partial charge is 0.226 e. The van der Waals surface area contributed by atoms with Gasteiger partial charge in [-0.2, -0.15) is 0 Å². The second-order valence-electron chi connectivity index (χ2n) is 6.24. The van der Waals surface area contributed by atoms with Gasteiger partial charge in [0, 0.05) is 29.3 Å². The van der Waals surface area contributed by atoms with Gasteiger partial charge < -0.3 is 5.32 Å². The van der Waals surface area contributed by atoms with Crippen molar-refractivity contribution >= 4 is 28.2 Å². The van der Waals surface area contributed by atoms with E-state index in [-0.39, 0.29) is 24.5 Å². The van der Waals surface area contributed by atoms with E-state index < -0.39 is 0 Å². The summed E-state index contributed by atoms with van der Waals surface area (Å²) in [7, 11) is 0. The molecule has 1 heterocycles. The first-order valence-corrected chi connectivity index (χ1v) is 9.31. The monoisotopic (exact) mass is 364 g/mol. The lowest BCUT2D eigenvalue weighted by Gasteiger charge is -2.03. The first kappa shape index (κ1) is 18.0. The van der Waals surface area contributed by atoms with Crippen LogP contribution in [-0.4, -0.2) is 16.7 Å². The largest absolute Gasteiger partial charge is 0.302 e. The molecule has 0 spiro atoms. The zero-order chi connectivity index (χ0) is 18.5. The van der Waals surface area contributed by atoms with E-state index in [1.165, 1.54) is 16.9 Å². The number of nitrogens with zero attached hydrogens (tertiary/aromatic N) is 1. The summed E-state index contributed by atoms with van der Waals surface area (Å²) < 4.78 is 0. The average molecular weight is 364 g/mol. The van der Waals surface area contributed by atoms with E-state index in [1.807, 2.05) is 55.6 Å². The number of nitrogens with one attached hydrogen (secondary N) is 1. The minimum atomic E-state index is -0.199. The molecule has 2 aromatic carbocycles. The molecule has 0 unspecified atom stereocenters. The number of benzene rings is 2. The van der Waals surface area contributed by atoms with Gasteiger partial charge >= 0.3 is 0 Å². The highest BCUT2D eigenvalue weighted by Gasteiger charge is 2.11. The number of Topliss-reactive ketones (excluding diaryl/α,β-unsaturated/α-hetero) is 1. The highest BCUT2D eigenvalue weighted by Crippen LogP contribution is 2.25. The number of carbonyl (C=O) groups excluding carboxylic acids is 2. The van der Waals surface area contributed by atoms with Crippen molar-refractivity contribution in [2.75, 3.05) is 5.32 Å². The van der Waals surface area contributed by atoms with E-state index in [1.54, 1.807) is 12.1 Å². The van der Waals surface area contributed by atoms with Gasteiger partial charge in [0.1, 0.15) is 0 Å². The van der Waals surface area contributed by atoms with Gasteiger partial charge in [-0.1, -0.05) is 59.7 Å². The van der Waals surface area contributed by atoms with Gasteiger partial charge in [-0.3, -0.25) is 9.59 Å². The highest BCUT2D eigenvalue weighted by atomic mass is 32.1. The molecule has 0 saturated heterocycles. The molecule has 1 aromatic heterocycles. The predicted octanol–water partition coefficient (Wildman–Crippen LogP) is 5.03. The molecule has 0 bridgehead atoms. The molecular weight excluding hydrogens is 344 g/mol. The SMILES string of the molecule is Cc1ccc(C(=O)CCC(=O)Nc2nc(-c3ccc(C)cc3)cs2)cc1. The maximum Gasteiger partial charge on any atom is 0.226 e. The van der Waals surface area contributed by atoms with Crippen molar-refractivity contribution in [3.8, 4) is 11.3 Å².